The van der Waals surface area contributed by atoms with Crippen LogP contribution in [0.15, 0.2) is 12.1 Å². The highest BCUT2D eigenvalue weighted by Crippen LogP contribution is 2.29. The number of hydrogen-bond acceptors (Lipinski definition) is 6. The maximum absolute atomic E-state index is 12.1. The summed E-state index contributed by atoms with van der Waals surface area (Å²) in [6, 6.07) is 2.93. The van der Waals surface area contributed by atoms with Crippen LogP contribution in [0.2, 0.25) is 5.02 Å². The van der Waals surface area contributed by atoms with Crippen molar-refractivity contribution in [3.05, 3.63) is 22.7 Å². The number of amides is 2. The molecule has 0 saturated heterocycles. The lowest BCUT2D eigenvalue weighted by Gasteiger charge is -2.17. The molecule has 1 fully saturated rings. The molecule has 0 spiro atoms. The lowest BCUT2D eigenvalue weighted by molar-refractivity contribution is -0.137. The van der Waals surface area contributed by atoms with Crippen molar-refractivity contribution in [1.82, 2.24) is 10.2 Å². The van der Waals surface area contributed by atoms with Gasteiger partial charge in [0.2, 0.25) is 5.91 Å². The lowest BCUT2D eigenvalue weighted by Crippen LogP contribution is -2.40. The van der Waals surface area contributed by atoms with Crippen LogP contribution in [-0.4, -0.2) is 56.0 Å². The number of nitrogens with zero attached hydrogens (tertiary/aromatic N) is 1. The van der Waals surface area contributed by atoms with Crippen molar-refractivity contribution >= 4 is 35.1 Å². The maximum Gasteiger partial charge on any atom is 0.342 e. The molecule has 1 aromatic carbocycles. The van der Waals surface area contributed by atoms with Crippen LogP contribution in [0.5, 0.6) is 5.75 Å². The topological polar surface area (TPSA) is 111 Å². The summed E-state index contributed by atoms with van der Waals surface area (Å²) in [5.41, 5.74) is 5.97. The first-order chi connectivity index (χ1) is 11.8. The molecule has 1 aliphatic rings. The molecule has 1 aromatic rings. The summed E-state index contributed by atoms with van der Waals surface area (Å²) in [4.78, 5) is 37.0. The zero-order valence-corrected chi connectivity index (χ0v) is 14.8. The highest BCUT2D eigenvalue weighted by molar-refractivity contribution is 6.33. The predicted octanol–water partition coefficient (Wildman–Crippen LogP) is 0.825. The number of nitrogens with two attached hydrogens (primary N) is 1. The third-order valence-corrected chi connectivity index (χ3v) is 3.94. The van der Waals surface area contributed by atoms with Gasteiger partial charge in [0.15, 0.2) is 6.61 Å². The van der Waals surface area contributed by atoms with Gasteiger partial charge in [-0.05, 0) is 18.9 Å². The Morgan fingerprint density at radius 2 is 2.04 bits per heavy atom. The quantitative estimate of drug-likeness (QED) is 0.544. The van der Waals surface area contributed by atoms with Crippen molar-refractivity contribution in [2.45, 2.75) is 18.9 Å². The third kappa shape index (κ3) is 5.25. The Balaban J connectivity index is 1.89. The molecule has 0 radical (unpaired) electrons. The van der Waals surface area contributed by atoms with E-state index in [9.17, 15) is 14.4 Å². The van der Waals surface area contributed by atoms with E-state index < -0.39 is 18.5 Å². The van der Waals surface area contributed by atoms with Gasteiger partial charge in [0, 0.05) is 19.2 Å². The summed E-state index contributed by atoms with van der Waals surface area (Å²) >= 11 is 5.90. The number of rotatable bonds is 7. The number of carbonyl (C=O) groups is 3. The van der Waals surface area contributed by atoms with Gasteiger partial charge in [-0.3, -0.25) is 9.59 Å². The molecule has 9 heteroatoms. The summed E-state index contributed by atoms with van der Waals surface area (Å²) in [7, 11) is 2.83. The predicted molar refractivity (Wildman–Crippen MR) is 91.5 cm³/mol. The number of likely N-dealkylation sites (N-methyl/N-ethyl adjacent to an activating group) is 1. The molecule has 0 heterocycles. The van der Waals surface area contributed by atoms with E-state index in [-0.39, 0.29) is 40.5 Å². The van der Waals surface area contributed by atoms with E-state index in [1.807, 2.05) is 0 Å². The highest BCUT2D eigenvalue weighted by atomic mass is 35.5. The van der Waals surface area contributed by atoms with E-state index >= 15 is 0 Å². The van der Waals surface area contributed by atoms with Crippen molar-refractivity contribution < 1.29 is 23.9 Å². The number of ether oxygens (including phenoxy) is 2. The molecule has 25 heavy (non-hydrogen) atoms. The molecule has 3 N–H and O–H groups in total. The number of anilines is 1. The number of methoxy groups -OCH3 is 1. The van der Waals surface area contributed by atoms with Gasteiger partial charge in [0.05, 0.1) is 24.4 Å². The average molecular weight is 370 g/mol. The van der Waals surface area contributed by atoms with Gasteiger partial charge >= 0.3 is 5.97 Å². The molecular formula is C16H20ClN3O5. The van der Waals surface area contributed by atoms with Gasteiger partial charge < -0.3 is 25.4 Å². The summed E-state index contributed by atoms with van der Waals surface area (Å²) in [5, 5.41) is 2.95. The van der Waals surface area contributed by atoms with Crippen LogP contribution in [0.4, 0.5) is 5.69 Å². The van der Waals surface area contributed by atoms with E-state index in [4.69, 9.17) is 26.8 Å². The molecule has 8 nitrogen and oxygen atoms in total. The van der Waals surface area contributed by atoms with Gasteiger partial charge in [0.1, 0.15) is 11.3 Å². The van der Waals surface area contributed by atoms with E-state index in [1.54, 1.807) is 0 Å². The number of carbonyl (C=O) groups excluding carboxylic acids is 3. The molecule has 0 aliphatic heterocycles. The first-order valence-electron chi connectivity index (χ1n) is 7.65. The molecule has 0 aromatic heterocycles. The number of nitrogen functional groups attached to an aromatic ring is 1. The Morgan fingerprint density at radius 3 is 2.64 bits per heavy atom. The second-order valence-electron chi connectivity index (χ2n) is 5.74. The van der Waals surface area contributed by atoms with Gasteiger partial charge in [0.25, 0.3) is 5.91 Å². The van der Waals surface area contributed by atoms with Crippen LogP contribution in [0.25, 0.3) is 0 Å². The summed E-state index contributed by atoms with van der Waals surface area (Å²) < 4.78 is 10.0. The maximum atomic E-state index is 12.1. The van der Waals surface area contributed by atoms with Crippen molar-refractivity contribution in [2.75, 3.05) is 33.0 Å². The van der Waals surface area contributed by atoms with Crippen LogP contribution in [0.3, 0.4) is 0 Å². The first kappa shape index (κ1) is 18.9. The Bertz CT molecular complexity index is 691. The molecule has 1 saturated carbocycles. The van der Waals surface area contributed by atoms with Crippen molar-refractivity contribution in [3.63, 3.8) is 0 Å². The zero-order chi connectivity index (χ0) is 18.6. The zero-order valence-electron chi connectivity index (χ0n) is 14.0. The van der Waals surface area contributed by atoms with Crippen molar-refractivity contribution in [3.8, 4) is 5.75 Å². The van der Waals surface area contributed by atoms with Crippen LogP contribution >= 0.6 is 11.6 Å². The Morgan fingerprint density at radius 1 is 1.36 bits per heavy atom. The molecule has 136 valence electrons. The van der Waals surface area contributed by atoms with Gasteiger partial charge in [-0.2, -0.15) is 0 Å². The molecule has 0 bridgehead atoms. The Kier molecular flexibility index (Phi) is 6.08. The van der Waals surface area contributed by atoms with Crippen LogP contribution in [-0.2, 0) is 14.3 Å². The fraction of sp³-hybridized carbons (Fsp3) is 0.438. The standard InChI is InChI=1S/C16H20ClN3O5/c1-20(7-14(21)19-9-3-4-9)15(22)8-25-16(23)10-5-11(17)12(18)6-13(10)24-2/h5-6,9H,3-4,7-8,18H2,1-2H3,(H,19,21). The molecular weight excluding hydrogens is 350 g/mol. The molecule has 0 atom stereocenters. The second-order valence-corrected chi connectivity index (χ2v) is 6.15. The monoisotopic (exact) mass is 369 g/mol. The minimum Gasteiger partial charge on any atom is -0.496 e. The van der Waals surface area contributed by atoms with Gasteiger partial charge in [-0.25, -0.2) is 4.79 Å². The minimum atomic E-state index is -0.775. The largest absolute Gasteiger partial charge is 0.496 e. The van der Waals surface area contributed by atoms with Crippen molar-refractivity contribution in [1.29, 1.82) is 0 Å². The number of halogens is 1. The van der Waals surface area contributed by atoms with Crippen LogP contribution in [0.1, 0.15) is 23.2 Å². The highest BCUT2D eigenvalue weighted by Gasteiger charge is 2.25. The van der Waals surface area contributed by atoms with E-state index in [1.165, 1.54) is 31.2 Å². The number of nitrogens with one attached hydrogen (secondary N) is 1. The molecule has 1 aliphatic carbocycles. The smallest absolute Gasteiger partial charge is 0.342 e. The van der Waals surface area contributed by atoms with E-state index in [2.05, 4.69) is 5.32 Å². The van der Waals surface area contributed by atoms with Crippen LogP contribution in [0, 0.1) is 0 Å². The molecule has 2 amide bonds. The van der Waals surface area contributed by atoms with E-state index in [0.29, 0.717) is 0 Å². The lowest BCUT2D eigenvalue weighted by atomic mass is 10.2. The Labute approximate surface area is 150 Å². The fourth-order valence-electron chi connectivity index (χ4n) is 2.02. The van der Waals surface area contributed by atoms with Gasteiger partial charge in [-0.15, -0.1) is 0 Å². The second kappa shape index (κ2) is 8.06. The number of hydrogen-bond donors (Lipinski definition) is 2. The number of benzene rings is 1. The fourth-order valence-corrected chi connectivity index (χ4v) is 2.18. The normalized spacial score (nSPS) is 13.1. The summed E-state index contributed by atoms with van der Waals surface area (Å²) in [6.45, 7) is -0.596. The SMILES string of the molecule is COc1cc(N)c(Cl)cc1C(=O)OCC(=O)N(C)CC(=O)NC1CC1. The number of esters is 1. The summed E-state index contributed by atoms with van der Waals surface area (Å²) in [6.07, 6.45) is 1.93. The van der Waals surface area contributed by atoms with Crippen molar-refractivity contribution in [2.24, 2.45) is 0 Å². The average Bonchev–Trinajstić information content (AvgIpc) is 3.37. The van der Waals surface area contributed by atoms with Crippen LogP contribution < -0.4 is 15.8 Å². The first-order valence-corrected chi connectivity index (χ1v) is 8.03. The summed E-state index contributed by atoms with van der Waals surface area (Å²) in [5.74, 6) is -1.32. The molecule has 2 rings (SSSR count). The van der Waals surface area contributed by atoms with Gasteiger partial charge in [-0.1, -0.05) is 11.6 Å². The Hall–Kier alpha value is -2.48. The van der Waals surface area contributed by atoms with E-state index in [0.717, 1.165) is 12.8 Å². The third-order valence-electron chi connectivity index (χ3n) is 3.61. The molecule has 0 unspecified atom stereocenters. The minimum absolute atomic E-state index is 0.0589.